The smallest absolute Gasteiger partial charge is 0.273 e. The number of thiazole rings is 1. The lowest BCUT2D eigenvalue weighted by atomic mass is 9.87. The molecule has 1 atom stereocenters. The van der Waals surface area contributed by atoms with Crippen molar-refractivity contribution in [3.63, 3.8) is 0 Å². The van der Waals surface area contributed by atoms with Gasteiger partial charge in [-0.2, -0.15) is 0 Å². The third kappa shape index (κ3) is 5.15. The average Bonchev–Trinajstić information content (AvgIpc) is 3.40. The van der Waals surface area contributed by atoms with E-state index in [0.717, 1.165) is 28.3 Å². The summed E-state index contributed by atoms with van der Waals surface area (Å²) >= 11 is 1.43. The van der Waals surface area contributed by atoms with E-state index >= 15 is 0 Å². The first-order chi connectivity index (χ1) is 17.5. The highest BCUT2D eigenvalue weighted by Crippen LogP contribution is 2.38. The Morgan fingerprint density at radius 2 is 1.89 bits per heavy atom. The van der Waals surface area contributed by atoms with Crippen LogP contribution in [0.2, 0.25) is 0 Å². The van der Waals surface area contributed by atoms with E-state index in [0.29, 0.717) is 38.5 Å². The zero-order chi connectivity index (χ0) is 25.1. The van der Waals surface area contributed by atoms with Gasteiger partial charge in [-0.1, -0.05) is 50.2 Å². The minimum absolute atomic E-state index is 0.0600. The largest absolute Gasteiger partial charge is 0.486 e. The summed E-state index contributed by atoms with van der Waals surface area (Å²) in [6, 6.07) is 16.2. The maximum absolute atomic E-state index is 13.1. The fourth-order valence-corrected chi connectivity index (χ4v) is 5.47. The van der Waals surface area contributed by atoms with Crippen LogP contribution >= 0.6 is 11.3 Å². The van der Waals surface area contributed by atoms with Crippen LogP contribution < -0.4 is 4.74 Å². The van der Waals surface area contributed by atoms with Gasteiger partial charge in [-0.25, -0.2) is 4.98 Å². The molecule has 7 nitrogen and oxygen atoms in total. The van der Waals surface area contributed by atoms with Crippen LogP contribution in [0, 0.1) is 5.92 Å². The van der Waals surface area contributed by atoms with E-state index in [1.54, 1.807) is 10.3 Å². The van der Waals surface area contributed by atoms with Crippen LogP contribution in [0.25, 0.3) is 0 Å². The van der Waals surface area contributed by atoms with E-state index in [2.05, 4.69) is 29.2 Å². The number of aromatic nitrogens is 1. The number of benzene rings is 2. The van der Waals surface area contributed by atoms with Gasteiger partial charge in [0.05, 0.1) is 19.3 Å². The first kappa shape index (κ1) is 24.5. The predicted molar refractivity (Wildman–Crippen MR) is 138 cm³/mol. The Labute approximate surface area is 215 Å². The Morgan fingerprint density at radius 1 is 1.11 bits per heavy atom. The summed E-state index contributed by atoms with van der Waals surface area (Å²) in [6.45, 7) is 7.19. The Balaban J connectivity index is 1.34. The zero-order valence-electron chi connectivity index (χ0n) is 20.7. The highest BCUT2D eigenvalue weighted by molar-refractivity contribution is 7.09. The van der Waals surface area contributed by atoms with Gasteiger partial charge in [-0.3, -0.25) is 9.59 Å². The van der Waals surface area contributed by atoms with Crippen molar-refractivity contribution in [1.82, 2.24) is 14.8 Å². The van der Waals surface area contributed by atoms with Gasteiger partial charge in [0, 0.05) is 30.9 Å². The lowest BCUT2D eigenvalue weighted by molar-refractivity contribution is -0.136. The van der Waals surface area contributed by atoms with Gasteiger partial charge in [0.1, 0.15) is 23.1 Å². The molecule has 3 aromatic rings. The van der Waals surface area contributed by atoms with Crippen LogP contribution in [-0.4, -0.2) is 59.4 Å². The number of nitrogens with zero attached hydrogens (tertiary/aromatic N) is 3. The van der Waals surface area contributed by atoms with Crippen LogP contribution in [0.1, 0.15) is 52.1 Å². The predicted octanol–water partition coefficient (Wildman–Crippen LogP) is 4.32. The molecular weight excluding hydrogens is 474 g/mol. The van der Waals surface area contributed by atoms with E-state index < -0.39 is 0 Å². The molecule has 1 aromatic heterocycles. The molecule has 3 heterocycles. The van der Waals surface area contributed by atoms with Crippen LogP contribution in [-0.2, 0) is 22.6 Å². The highest BCUT2D eigenvalue weighted by Gasteiger charge is 2.33. The second kappa shape index (κ2) is 10.8. The Kier molecular flexibility index (Phi) is 7.34. The molecule has 5 rings (SSSR count). The number of morpholine rings is 1. The summed E-state index contributed by atoms with van der Waals surface area (Å²) in [4.78, 5) is 34.1. The van der Waals surface area contributed by atoms with Gasteiger partial charge in [0.15, 0.2) is 0 Å². The fourth-order valence-electron chi connectivity index (χ4n) is 4.80. The van der Waals surface area contributed by atoms with E-state index in [4.69, 9.17) is 9.47 Å². The third-order valence-corrected chi connectivity index (χ3v) is 7.49. The molecule has 0 bridgehead atoms. The minimum atomic E-state index is -0.147. The van der Waals surface area contributed by atoms with Crippen molar-refractivity contribution in [2.24, 2.45) is 5.92 Å². The zero-order valence-corrected chi connectivity index (χ0v) is 21.5. The van der Waals surface area contributed by atoms with Crippen molar-refractivity contribution in [3.05, 3.63) is 81.3 Å². The third-order valence-electron chi connectivity index (χ3n) is 6.67. The second-order valence-electron chi connectivity index (χ2n) is 9.43. The average molecular weight is 506 g/mol. The van der Waals surface area contributed by atoms with Gasteiger partial charge in [0.25, 0.3) is 5.91 Å². The SMILES string of the molecule is CC(C)C(=O)N1CCc2ccc(OCc3nc(C(=O)N4CCOCC4)cs3)cc2C1c1ccccc1. The molecule has 2 amide bonds. The second-order valence-corrected chi connectivity index (χ2v) is 10.4. The number of fused-ring (bicyclic) bond motifs is 1. The van der Waals surface area contributed by atoms with Crippen LogP contribution in [0.4, 0.5) is 0 Å². The molecule has 2 aromatic carbocycles. The molecule has 8 heteroatoms. The molecular formula is C28H31N3O4S. The molecule has 0 N–H and O–H groups in total. The molecule has 2 aliphatic rings. The van der Waals surface area contributed by atoms with Crippen LogP contribution in [0.15, 0.2) is 53.9 Å². The molecule has 0 aliphatic carbocycles. The summed E-state index contributed by atoms with van der Waals surface area (Å²) < 4.78 is 11.5. The molecule has 0 spiro atoms. The first-order valence-electron chi connectivity index (χ1n) is 12.4. The van der Waals surface area contributed by atoms with Gasteiger partial charge in [0.2, 0.25) is 5.91 Å². The Bertz CT molecular complexity index is 1220. The highest BCUT2D eigenvalue weighted by atomic mass is 32.1. The van der Waals surface area contributed by atoms with Gasteiger partial charge < -0.3 is 19.3 Å². The van der Waals surface area contributed by atoms with Crippen molar-refractivity contribution in [2.75, 3.05) is 32.8 Å². The molecule has 0 radical (unpaired) electrons. The molecule has 1 saturated heterocycles. The maximum Gasteiger partial charge on any atom is 0.273 e. The molecule has 0 saturated carbocycles. The first-order valence-corrected chi connectivity index (χ1v) is 13.3. The summed E-state index contributed by atoms with van der Waals surface area (Å²) in [6.07, 6.45) is 0.816. The normalized spacial score (nSPS) is 17.7. The lowest BCUT2D eigenvalue weighted by Crippen LogP contribution is -2.42. The molecule has 2 aliphatic heterocycles. The Hall–Kier alpha value is -3.23. The minimum Gasteiger partial charge on any atom is -0.486 e. The number of rotatable bonds is 6. The van der Waals surface area contributed by atoms with Gasteiger partial charge in [-0.05, 0) is 35.2 Å². The van der Waals surface area contributed by atoms with Gasteiger partial charge >= 0.3 is 0 Å². The van der Waals surface area contributed by atoms with Crippen molar-refractivity contribution < 1.29 is 19.1 Å². The molecule has 36 heavy (non-hydrogen) atoms. The number of hydrogen-bond acceptors (Lipinski definition) is 6. The van der Waals surface area contributed by atoms with Crippen molar-refractivity contribution in [2.45, 2.75) is 32.9 Å². The monoisotopic (exact) mass is 505 g/mol. The molecule has 1 fully saturated rings. The standard InChI is InChI=1S/C28H31N3O4S/c1-19(2)27(32)31-11-10-20-8-9-22(16-23(20)26(31)21-6-4-3-5-7-21)35-17-25-29-24(18-36-25)28(33)30-12-14-34-15-13-30/h3-9,16,18-19,26H,10-15,17H2,1-2H3. The van der Waals surface area contributed by atoms with E-state index in [9.17, 15) is 9.59 Å². The number of carbonyl (C=O) groups excluding carboxylic acids is 2. The van der Waals surface area contributed by atoms with Crippen LogP contribution in [0.5, 0.6) is 5.75 Å². The van der Waals surface area contributed by atoms with E-state index in [-0.39, 0.29) is 30.4 Å². The quantitative estimate of drug-likeness (QED) is 0.499. The summed E-state index contributed by atoms with van der Waals surface area (Å²) in [5, 5.41) is 2.55. The topological polar surface area (TPSA) is 72.0 Å². The Morgan fingerprint density at radius 3 is 2.64 bits per heavy atom. The summed E-state index contributed by atoms with van der Waals surface area (Å²) in [5.74, 6) is 0.748. The summed E-state index contributed by atoms with van der Waals surface area (Å²) in [7, 11) is 0. The maximum atomic E-state index is 13.1. The van der Waals surface area contributed by atoms with Crippen LogP contribution in [0.3, 0.4) is 0 Å². The molecule has 188 valence electrons. The van der Waals surface area contributed by atoms with Crippen molar-refractivity contribution in [1.29, 1.82) is 0 Å². The number of hydrogen-bond donors (Lipinski definition) is 0. The summed E-state index contributed by atoms with van der Waals surface area (Å²) in [5.41, 5.74) is 3.88. The molecule has 1 unspecified atom stereocenters. The number of carbonyl (C=O) groups is 2. The van der Waals surface area contributed by atoms with Gasteiger partial charge in [-0.15, -0.1) is 11.3 Å². The fraction of sp³-hybridized carbons (Fsp3) is 0.393. The van der Waals surface area contributed by atoms with E-state index in [1.807, 2.05) is 43.0 Å². The van der Waals surface area contributed by atoms with Crippen molar-refractivity contribution >= 4 is 23.2 Å². The lowest BCUT2D eigenvalue weighted by Gasteiger charge is -2.39. The van der Waals surface area contributed by atoms with Crippen molar-refractivity contribution in [3.8, 4) is 5.75 Å². The van der Waals surface area contributed by atoms with E-state index in [1.165, 1.54) is 16.9 Å². The number of amides is 2. The number of ether oxygens (including phenoxy) is 2.